The average molecular weight is 357 g/mol. The maximum Gasteiger partial charge on any atom is 0.171 e. The van der Waals surface area contributed by atoms with E-state index in [0.29, 0.717) is 15.2 Å². The normalized spacial score (nSPS) is 12.0. The van der Waals surface area contributed by atoms with Crippen molar-refractivity contribution < 1.29 is 0 Å². The number of nitrogens with zero attached hydrogens (tertiary/aromatic N) is 2. The third-order valence-electron chi connectivity index (χ3n) is 3.43. The molecule has 0 aliphatic carbocycles. The van der Waals surface area contributed by atoms with Crippen molar-refractivity contribution in [3.63, 3.8) is 0 Å². The fourth-order valence-corrected chi connectivity index (χ4v) is 2.97. The minimum Gasteiger partial charge on any atom is -0.356 e. The standard InChI is InChI=1S/C15H18Cl2N4S/c1-4-21-10(3)12(8-18-21)9(2)19-15(22)20-14-6-5-11(16)7-13(14)17/h5-9H,4H2,1-3H3,(H2,19,20,22)/t9-/m1/s1. The first-order valence-electron chi connectivity index (χ1n) is 6.97. The second-order valence-electron chi connectivity index (χ2n) is 4.95. The van der Waals surface area contributed by atoms with Crippen molar-refractivity contribution in [3.05, 3.63) is 45.7 Å². The van der Waals surface area contributed by atoms with E-state index in [-0.39, 0.29) is 6.04 Å². The summed E-state index contributed by atoms with van der Waals surface area (Å²) >= 11 is 17.4. The molecule has 4 nitrogen and oxygen atoms in total. The quantitative estimate of drug-likeness (QED) is 0.787. The van der Waals surface area contributed by atoms with E-state index in [2.05, 4.69) is 29.6 Å². The van der Waals surface area contributed by atoms with Gasteiger partial charge in [-0.2, -0.15) is 5.10 Å². The van der Waals surface area contributed by atoms with Crippen LogP contribution in [0.2, 0.25) is 10.0 Å². The number of nitrogens with one attached hydrogen (secondary N) is 2. The van der Waals surface area contributed by atoms with Crippen LogP contribution in [0.5, 0.6) is 0 Å². The zero-order valence-electron chi connectivity index (χ0n) is 12.7. The van der Waals surface area contributed by atoms with Crippen LogP contribution in [0, 0.1) is 6.92 Å². The molecule has 0 amide bonds. The second-order valence-corrected chi connectivity index (χ2v) is 6.20. The van der Waals surface area contributed by atoms with E-state index >= 15 is 0 Å². The lowest BCUT2D eigenvalue weighted by atomic mass is 10.1. The molecule has 7 heteroatoms. The van der Waals surface area contributed by atoms with Gasteiger partial charge in [0.2, 0.25) is 0 Å². The summed E-state index contributed by atoms with van der Waals surface area (Å²) in [7, 11) is 0. The zero-order chi connectivity index (χ0) is 16.3. The van der Waals surface area contributed by atoms with Crippen LogP contribution in [0.4, 0.5) is 5.69 Å². The molecule has 22 heavy (non-hydrogen) atoms. The summed E-state index contributed by atoms with van der Waals surface area (Å²) in [4.78, 5) is 0. The first-order chi connectivity index (χ1) is 10.4. The van der Waals surface area contributed by atoms with E-state index in [9.17, 15) is 0 Å². The van der Waals surface area contributed by atoms with Gasteiger partial charge in [0.1, 0.15) is 0 Å². The summed E-state index contributed by atoms with van der Waals surface area (Å²) < 4.78 is 1.96. The molecule has 1 heterocycles. The van der Waals surface area contributed by atoms with Crippen LogP contribution >= 0.6 is 35.4 Å². The van der Waals surface area contributed by atoms with Gasteiger partial charge in [-0.15, -0.1) is 0 Å². The largest absolute Gasteiger partial charge is 0.356 e. The molecule has 0 aliphatic rings. The minimum atomic E-state index is 0.0476. The van der Waals surface area contributed by atoms with Gasteiger partial charge in [0.05, 0.1) is 22.9 Å². The topological polar surface area (TPSA) is 41.9 Å². The van der Waals surface area contributed by atoms with Crippen molar-refractivity contribution in [2.75, 3.05) is 5.32 Å². The molecule has 118 valence electrons. The Bertz CT molecular complexity index is 684. The molecule has 1 aromatic carbocycles. The highest BCUT2D eigenvalue weighted by Gasteiger charge is 2.14. The number of aryl methyl sites for hydroxylation is 1. The Morgan fingerprint density at radius 2 is 2.14 bits per heavy atom. The van der Waals surface area contributed by atoms with E-state index in [1.807, 2.05) is 17.8 Å². The van der Waals surface area contributed by atoms with Crippen molar-refractivity contribution in [1.82, 2.24) is 15.1 Å². The number of anilines is 1. The molecule has 0 saturated carbocycles. The number of hydrogen-bond donors (Lipinski definition) is 2. The van der Waals surface area contributed by atoms with Crippen molar-refractivity contribution in [3.8, 4) is 0 Å². The Morgan fingerprint density at radius 1 is 1.41 bits per heavy atom. The third kappa shape index (κ3) is 3.91. The van der Waals surface area contributed by atoms with E-state index in [0.717, 1.165) is 23.5 Å². The van der Waals surface area contributed by atoms with Crippen LogP contribution in [-0.4, -0.2) is 14.9 Å². The van der Waals surface area contributed by atoms with E-state index in [4.69, 9.17) is 35.4 Å². The van der Waals surface area contributed by atoms with Crippen molar-refractivity contribution in [2.45, 2.75) is 33.4 Å². The van der Waals surface area contributed by atoms with Crippen molar-refractivity contribution >= 4 is 46.2 Å². The maximum absolute atomic E-state index is 6.13. The summed E-state index contributed by atoms with van der Waals surface area (Å²) in [5, 5.41) is 12.3. The van der Waals surface area contributed by atoms with Crippen LogP contribution in [0.3, 0.4) is 0 Å². The fourth-order valence-electron chi connectivity index (χ4n) is 2.23. The Hall–Kier alpha value is -1.30. The molecule has 0 unspecified atom stereocenters. The highest BCUT2D eigenvalue weighted by molar-refractivity contribution is 7.80. The van der Waals surface area contributed by atoms with Gasteiger partial charge in [0, 0.05) is 22.8 Å². The molecular weight excluding hydrogens is 339 g/mol. The molecule has 0 aliphatic heterocycles. The monoisotopic (exact) mass is 356 g/mol. The molecule has 0 radical (unpaired) electrons. The highest BCUT2D eigenvalue weighted by Crippen LogP contribution is 2.25. The van der Waals surface area contributed by atoms with Crippen LogP contribution in [-0.2, 0) is 6.54 Å². The van der Waals surface area contributed by atoms with Gasteiger partial charge >= 0.3 is 0 Å². The summed E-state index contributed by atoms with van der Waals surface area (Å²) in [6.07, 6.45) is 1.87. The Labute approximate surface area is 145 Å². The molecule has 1 atom stereocenters. The third-order valence-corrected chi connectivity index (χ3v) is 4.20. The number of aromatic nitrogens is 2. The van der Waals surface area contributed by atoms with Crippen molar-refractivity contribution in [2.24, 2.45) is 0 Å². The summed E-state index contributed by atoms with van der Waals surface area (Å²) in [5.74, 6) is 0. The SMILES string of the molecule is CCn1ncc([C@@H](C)NC(=S)Nc2ccc(Cl)cc2Cl)c1C. The Morgan fingerprint density at radius 3 is 2.73 bits per heavy atom. The Balaban J connectivity index is 2.03. The van der Waals surface area contributed by atoms with Gasteiger partial charge in [0.15, 0.2) is 5.11 Å². The van der Waals surface area contributed by atoms with Gasteiger partial charge < -0.3 is 10.6 Å². The number of hydrogen-bond acceptors (Lipinski definition) is 2. The molecule has 0 spiro atoms. The van der Waals surface area contributed by atoms with Crippen LogP contribution in [0.15, 0.2) is 24.4 Å². The van der Waals surface area contributed by atoms with Gasteiger partial charge in [-0.05, 0) is 51.2 Å². The van der Waals surface area contributed by atoms with E-state index in [1.54, 1.807) is 18.2 Å². The first kappa shape index (κ1) is 17.1. The molecule has 2 N–H and O–H groups in total. The molecule has 0 bridgehead atoms. The Kier molecular flexibility index (Phi) is 5.67. The predicted molar refractivity (Wildman–Crippen MR) is 96.9 cm³/mol. The molecule has 0 saturated heterocycles. The van der Waals surface area contributed by atoms with Gasteiger partial charge in [-0.3, -0.25) is 4.68 Å². The smallest absolute Gasteiger partial charge is 0.171 e. The van der Waals surface area contributed by atoms with Crippen LogP contribution < -0.4 is 10.6 Å². The van der Waals surface area contributed by atoms with Crippen LogP contribution in [0.25, 0.3) is 0 Å². The molecule has 0 fully saturated rings. The minimum absolute atomic E-state index is 0.0476. The highest BCUT2D eigenvalue weighted by atomic mass is 35.5. The van der Waals surface area contributed by atoms with Gasteiger partial charge in [0.25, 0.3) is 0 Å². The number of benzene rings is 1. The van der Waals surface area contributed by atoms with E-state index < -0.39 is 0 Å². The lowest BCUT2D eigenvalue weighted by Gasteiger charge is -2.17. The number of halogens is 2. The fraction of sp³-hybridized carbons (Fsp3) is 0.333. The molecule has 2 rings (SSSR count). The lowest BCUT2D eigenvalue weighted by molar-refractivity contribution is 0.633. The number of thiocarbonyl (C=S) groups is 1. The molecule has 2 aromatic rings. The van der Waals surface area contributed by atoms with Gasteiger partial charge in [-0.25, -0.2) is 0 Å². The zero-order valence-corrected chi connectivity index (χ0v) is 15.0. The number of rotatable bonds is 4. The molecular formula is C15H18Cl2N4S. The second kappa shape index (κ2) is 7.31. The van der Waals surface area contributed by atoms with E-state index in [1.165, 1.54) is 0 Å². The summed E-state index contributed by atoms with van der Waals surface area (Å²) in [5.41, 5.74) is 2.97. The summed E-state index contributed by atoms with van der Waals surface area (Å²) in [6.45, 7) is 7.01. The maximum atomic E-state index is 6.13. The summed E-state index contributed by atoms with van der Waals surface area (Å²) in [6, 6.07) is 5.28. The van der Waals surface area contributed by atoms with Crippen molar-refractivity contribution in [1.29, 1.82) is 0 Å². The predicted octanol–water partition coefficient (Wildman–Crippen LogP) is 4.57. The average Bonchev–Trinajstić information content (AvgIpc) is 2.83. The molecule has 1 aromatic heterocycles. The van der Waals surface area contributed by atoms with Gasteiger partial charge in [-0.1, -0.05) is 23.2 Å². The van der Waals surface area contributed by atoms with Crippen LogP contribution in [0.1, 0.15) is 31.1 Å². The first-order valence-corrected chi connectivity index (χ1v) is 8.13. The lowest BCUT2D eigenvalue weighted by Crippen LogP contribution is -2.31.